The van der Waals surface area contributed by atoms with Crippen molar-refractivity contribution in [3.63, 3.8) is 0 Å². The van der Waals surface area contributed by atoms with Gasteiger partial charge in [-0.1, -0.05) is 0 Å². The van der Waals surface area contributed by atoms with Crippen molar-refractivity contribution in [3.8, 4) is 0 Å². The monoisotopic (exact) mass is 399 g/mol. The summed E-state index contributed by atoms with van der Waals surface area (Å²) in [5, 5.41) is 0. The van der Waals surface area contributed by atoms with Gasteiger partial charge in [0.2, 0.25) is 0 Å². The summed E-state index contributed by atoms with van der Waals surface area (Å²) >= 11 is 6.40. The molecular weight excluding hydrogens is 389 g/mol. The molecule has 0 radical (unpaired) electrons. The van der Waals surface area contributed by atoms with Crippen LogP contribution in [0.25, 0.3) is 0 Å². The molecule has 0 unspecified atom stereocenters. The quantitative estimate of drug-likeness (QED) is 0.477. The van der Waals surface area contributed by atoms with Crippen molar-refractivity contribution in [1.29, 1.82) is 0 Å². The summed E-state index contributed by atoms with van der Waals surface area (Å²) in [5.74, 6) is 0. The third-order valence-corrected chi connectivity index (χ3v) is 1.11. The van der Waals surface area contributed by atoms with Crippen LogP contribution >= 0.6 is 26.0 Å². The fourth-order valence-electron chi connectivity index (χ4n) is 0.642. The van der Waals surface area contributed by atoms with Crippen LogP contribution in [-0.4, -0.2) is 5.48 Å². The summed E-state index contributed by atoms with van der Waals surface area (Å²) in [4.78, 5) is 0. The van der Waals surface area contributed by atoms with Gasteiger partial charge in [0.05, 0.1) is 0 Å². The van der Waals surface area contributed by atoms with Crippen LogP contribution in [0, 0.1) is 0 Å². The molecule has 0 saturated heterocycles. The second kappa shape index (κ2) is 15.8. The van der Waals surface area contributed by atoms with E-state index in [1.165, 1.54) is 0 Å². The van der Waals surface area contributed by atoms with Crippen molar-refractivity contribution < 1.29 is 21.0 Å². The SMILES string of the molecule is O.[Br][Nb][Br].c1cc[cH-]c1.c1cc[cH-]c1. The van der Waals surface area contributed by atoms with Crippen LogP contribution in [0.15, 0.2) is 60.7 Å². The topological polar surface area (TPSA) is 31.5 Å². The Balaban J connectivity index is 0. The average Bonchev–Trinajstić information content (AvgIpc) is 2.85. The Kier molecular flexibility index (Phi) is 19.0. The average molecular weight is 401 g/mol. The molecule has 0 bridgehead atoms. The maximum absolute atomic E-state index is 3.21. The van der Waals surface area contributed by atoms with Crippen LogP contribution in [0.3, 0.4) is 0 Å². The fraction of sp³-hybridized carbons (Fsp3) is 0. The smallest absolute Gasteiger partial charge is 0.172 e. The van der Waals surface area contributed by atoms with Gasteiger partial charge in [0.1, 0.15) is 0 Å². The molecule has 2 rings (SSSR count). The molecule has 2 N–H and O–H groups in total. The van der Waals surface area contributed by atoms with Crippen molar-refractivity contribution in [2.45, 2.75) is 0 Å². The Morgan fingerprint density at radius 3 is 1.00 bits per heavy atom. The minimum Gasteiger partial charge on any atom is -0.214 e. The third-order valence-electron chi connectivity index (χ3n) is 1.11. The number of hydrogen-bond donors (Lipinski definition) is 0. The minimum absolute atomic E-state index is 0. The predicted molar refractivity (Wildman–Crippen MR) is 65.5 cm³/mol. The van der Waals surface area contributed by atoms with Gasteiger partial charge in [0.25, 0.3) is 0 Å². The first-order chi connectivity index (χ1) is 6.41. The molecule has 79 valence electrons. The summed E-state index contributed by atoms with van der Waals surface area (Å²) in [5.41, 5.74) is 0. The zero-order chi connectivity index (χ0) is 9.78. The van der Waals surface area contributed by atoms with Crippen LogP contribution in [0.1, 0.15) is 0 Å². The second-order valence-corrected chi connectivity index (χ2v) is 12.1. The fourth-order valence-corrected chi connectivity index (χ4v) is 0.642. The Morgan fingerprint density at radius 2 is 0.929 bits per heavy atom. The zero-order valence-electron chi connectivity index (χ0n) is 7.48. The molecule has 0 heterocycles. The van der Waals surface area contributed by atoms with Gasteiger partial charge in [0, 0.05) is 0 Å². The van der Waals surface area contributed by atoms with E-state index in [9.17, 15) is 0 Å². The van der Waals surface area contributed by atoms with Crippen molar-refractivity contribution in [2.24, 2.45) is 0 Å². The third kappa shape index (κ3) is 14.9. The molecule has 0 saturated carbocycles. The van der Waals surface area contributed by atoms with E-state index in [-0.39, 0.29) is 21.0 Å². The van der Waals surface area contributed by atoms with E-state index in [0.29, 0.717) is 0 Å². The van der Waals surface area contributed by atoms with E-state index in [0.717, 1.165) is 0 Å². The molecule has 4 heteroatoms. The standard InChI is InChI=1S/2C5H5.2BrH.Nb.H2O/c2*1-2-4-5-3-1;;;;/h2*1-5H;2*1H;;1H2/q2*-1;;;+2;/p-2. The first-order valence-electron chi connectivity index (χ1n) is 3.67. The molecule has 1 nitrogen and oxygen atoms in total. The van der Waals surface area contributed by atoms with Crippen LogP contribution in [0.5, 0.6) is 0 Å². The van der Waals surface area contributed by atoms with Gasteiger partial charge < -0.3 is 5.48 Å². The predicted octanol–water partition coefficient (Wildman–Crippen LogP) is 3.68. The molecule has 0 amide bonds. The molecule has 0 aliphatic rings. The van der Waals surface area contributed by atoms with Gasteiger partial charge in [-0.3, -0.25) is 0 Å². The maximum atomic E-state index is 3.21. The molecule has 0 aliphatic carbocycles. The first kappa shape index (κ1) is 16.8. The number of rotatable bonds is 0. The Bertz CT molecular complexity index is 170. The minimum atomic E-state index is -0.0250. The number of hydrogen-bond acceptors (Lipinski definition) is 0. The Morgan fingerprint density at radius 1 is 0.714 bits per heavy atom. The normalized spacial score (nSPS) is 6.71. The summed E-state index contributed by atoms with van der Waals surface area (Å²) < 4.78 is 0. The first-order valence-corrected chi connectivity index (χ1v) is 13.7. The van der Waals surface area contributed by atoms with Crippen LogP contribution in [-0.2, 0) is 15.5 Å². The van der Waals surface area contributed by atoms with Gasteiger partial charge >= 0.3 is 41.5 Å². The van der Waals surface area contributed by atoms with Gasteiger partial charge in [-0.25, -0.2) is 24.3 Å². The summed E-state index contributed by atoms with van der Waals surface area (Å²) in [6.07, 6.45) is 0. The number of halogens is 2. The van der Waals surface area contributed by atoms with Crippen LogP contribution < -0.4 is 0 Å². The van der Waals surface area contributed by atoms with Crippen molar-refractivity contribution in [2.75, 3.05) is 0 Å². The van der Waals surface area contributed by atoms with E-state index in [1.807, 2.05) is 60.7 Å². The second-order valence-electron chi connectivity index (χ2n) is 1.99. The van der Waals surface area contributed by atoms with E-state index in [2.05, 4.69) is 26.0 Å². The molecule has 0 atom stereocenters. The summed E-state index contributed by atoms with van der Waals surface area (Å²) in [6.45, 7) is 0. The van der Waals surface area contributed by atoms with E-state index >= 15 is 0 Å². The Hall–Kier alpha value is 0.360. The molecule has 0 spiro atoms. The van der Waals surface area contributed by atoms with Crippen LogP contribution in [0.2, 0.25) is 0 Å². The summed E-state index contributed by atoms with van der Waals surface area (Å²) in [7, 11) is 0. The molecular formula is C10H12Br2NbO-2. The van der Waals surface area contributed by atoms with E-state index < -0.39 is 0 Å². The molecule has 0 fully saturated rings. The van der Waals surface area contributed by atoms with Crippen molar-refractivity contribution in [3.05, 3.63) is 60.7 Å². The van der Waals surface area contributed by atoms with Gasteiger partial charge in [0.15, 0.2) is 0 Å². The molecule has 0 aliphatic heterocycles. The van der Waals surface area contributed by atoms with Gasteiger partial charge in [-0.05, 0) is 0 Å². The van der Waals surface area contributed by atoms with E-state index in [4.69, 9.17) is 0 Å². The van der Waals surface area contributed by atoms with Crippen LogP contribution in [0.4, 0.5) is 0 Å². The van der Waals surface area contributed by atoms with Crippen molar-refractivity contribution in [1.82, 2.24) is 0 Å². The summed E-state index contributed by atoms with van der Waals surface area (Å²) in [6, 6.07) is 20.0. The largest absolute Gasteiger partial charge is 0.214 e. The molecule has 2 aromatic carbocycles. The molecule has 2 aromatic rings. The molecule has 0 aromatic heterocycles. The zero-order valence-corrected chi connectivity index (χ0v) is 12.8. The molecule has 14 heavy (non-hydrogen) atoms. The van der Waals surface area contributed by atoms with Gasteiger partial charge in [-0.15, -0.1) is 0 Å². The Labute approximate surface area is 107 Å². The van der Waals surface area contributed by atoms with Crippen molar-refractivity contribution >= 4 is 26.0 Å². The maximum Gasteiger partial charge on any atom is -0.172 e. The van der Waals surface area contributed by atoms with E-state index in [1.54, 1.807) is 0 Å². The van der Waals surface area contributed by atoms with Gasteiger partial charge in [-0.2, -0.15) is 36.4 Å².